The van der Waals surface area contributed by atoms with Gasteiger partial charge in [-0.25, -0.2) is 0 Å². The number of para-hydroxylation sites is 2. The van der Waals surface area contributed by atoms with Gasteiger partial charge in [0.2, 0.25) is 0 Å². The highest BCUT2D eigenvalue weighted by atomic mass is 15.0. The zero-order chi connectivity index (χ0) is 29.5. The predicted octanol–water partition coefficient (Wildman–Crippen LogP) is 9.81. The highest BCUT2D eigenvalue weighted by molar-refractivity contribution is 6.10. The van der Waals surface area contributed by atoms with Crippen LogP contribution in [-0.4, -0.2) is 9.13 Å². The number of hydrogen-bond acceptors (Lipinski definition) is 2. The topological polar surface area (TPSA) is 57.4 Å². The molecule has 2 aromatic heterocycles. The lowest BCUT2D eigenvalue weighted by atomic mass is 9.96. The lowest BCUT2D eigenvalue weighted by Gasteiger charge is -2.13. The van der Waals surface area contributed by atoms with Crippen molar-refractivity contribution < 1.29 is 0 Å². The number of fused-ring (bicyclic) bond motifs is 4. The number of nitriles is 2. The van der Waals surface area contributed by atoms with E-state index in [1.54, 1.807) is 0 Å². The van der Waals surface area contributed by atoms with E-state index in [1.807, 2.05) is 73.7 Å². The van der Waals surface area contributed by atoms with E-state index < -0.39 is 0 Å². The van der Waals surface area contributed by atoms with Crippen molar-refractivity contribution in [3.8, 4) is 34.6 Å². The van der Waals surface area contributed by atoms with Crippen LogP contribution >= 0.6 is 0 Å². The van der Waals surface area contributed by atoms with Gasteiger partial charge in [0.05, 0.1) is 45.5 Å². The molecule has 0 radical (unpaired) electrons. The van der Waals surface area contributed by atoms with Gasteiger partial charge in [0.1, 0.15) is 0 Å². The van der Waals surface area contributed by atoms with E-state index in [4.69, 9.17) is 0 Å². The van der Waals surface area contributed by atoms with Crippen molar-refractivity contribution in [3.63, 3.8) is 0 Å². The zero-order valence-corrected chi connectivity index (χ0v) is 23.6. The van der Waals surface area contributed by atoms with Crippen LogP contribution in [0.3, 0.4) is 0 Å². The highest BCUT2D eigenvalue weighted by Crippen LogP contribution is 2.40. The van der Waals surface area contributed by atoms with Crippen LogP contribution in [-0.2, 0) is 0 Å². The van der Waals surface area contributed by atoms with E-state index in [0.29, 0.717) is 11.1 Å². The summed E-state index contributed by atoms with van der Waals surface area (Å²) in [5.41, 5.74) is 10.3. The fourth-order valence-electron chi connectivity index (χ4n) is 6.29. The summed E-state index contributed by atoms with van der Waals surface area (Å²) in [6.07, 6.45) is 6.10. The first kappa shape index (κ1) is 25.8. The number of allylic oxidation sites excluding steroid dienone is 1. The van der Waals surface area contributed by atoms with Crippen LogP contribution in [0.4, 0.5) is 0 Å². The lowest BCUT2D eigenvalue weighted by Crippen LogP contribution is -1.97. The Morgan fingerprint density at radius 3 is 2.16 bits per heavy atom. The summed E-state index contributed by atoms with van der Waals surface area (Å²) in [6.45, 7) is 6.24. The van der Waals surface area contributed by atoms with Crippen molar-refractivity contribution >= 4 is 44.9 Å². The second kappa shape index (κ2) is 10.4. The van der Waals surface area contributed by atoms with E-state index in [-0.39, 0.29) is 0 Å². The molecule has 0 fully saturated rings. The summed E-state index contributed by atoms with van der Waals surface area (Å²) in [4.78, 5) is 0. The molecule has 0 unspecified atom stereocenters. The maximum atomic E-state index is 10.2. The quantitative estimate of drug-likeness (QED) is 0.214. The summed E-state index contributed by atoms with van der Waals surface area (Å²) in [6, 6.07) is 41.4. The molecule has 0 amide bonds. The second-order valence-electron chi connectivity index (χ2n) is 10.5. The molecule has 2 heterocycles. The molecule has 0 saturated heterocycles. The average Bonchev–Trinajstić information content (AvgIpc) is 3.56. The van der Waals surface area contributed by atoms with Gasteiger partial charge in [0.25, 0.3) is 0 Å². The first-order chi connectivity index (χ1) is 21.2. The third-order valence-electron chi connectivity index (χ3n) is 8.03. The molecule has 0 bridgehead atoms. The first-order valence-corrected chi connectivity index (χ1v) is 14.1. The van der Waals surface area contributed by atoms with E-state index in [2.05, 4.69) is 88.5 Å². The van der Waals surface area contributed by atoms with Gasteiger partial charge in [0, 0.05) is 33.1 Å². The molecule has 5 aromatic carbocycles. The largest absolute Gasteiger partial charge is 0.309 e. The molecule has 43 heavy (non-hydrogen) atoms. The summed E-state index contributed by atoms with van der Waals surface area (Å²) in [5.74, 6) is 0. The number of nitrogens with zero attached hydrogens (tertiary/aromatic N) is 4. The monoisotopic (exact) mass is 550 g/mol. The Kier molecular flexibility index (Phi) is 6.24. The molecule has 0 aliphatic carbocycles. The van der Waals surface area contributed by atoms with Crippen molar-refractivity contribution in [2.45, 2.75) is 6.92 Å². The van der Waals surface area contributed by atoms with Crippen molar-refractivity contribution in [1.82, 2.24) is 9.13 Å². The fourth-order valence-corrected chi connectivity index (χ4v) is 6.29. The standard InChI is InChI=1S/C39H26N4/c1-3-11-35-31(4-2)39-32(15-10-17-38(39)42(35)29-12-6-5-7-13-29)28-20-27(25-41)21-30(23-28)43-36-16-9-8-14-33(36)34-22-26(24-40)18-19-37(34)43/h3-23H,2H2,1H3/b11-3-. The smallest absolute Gasteiger partial charge is 0.0992 e. The summed E-state index contributed by atoms with van der Waals surface area (Å²) in [5, 5.41) is 22.9. The molecule has 0 aliphatic rings. The Balaban J connectivity index is 1.55. The third kappa shape index (κ3) is 4.05. The minimum Gasteiger partial charge on any atom is -0.309 e. The molecule has 7 aromatic rings. The number of hydrogen-bond donors (Lipinski definition) is 0. The van der Waals surface area contributed by atoms with Crippen LogP contribution in [0.25, 0.3) is 67.4 Å². The fraction of sp³-hybridized carbons (Fsp3) is 0.0256. The Morgan fingerprint density at radius 1 is 0.651 bits per heavy atom. The van der Waals surface area contributed by atoms with E-state index in [1.165, 1.54) is 0 Å². The second-order valence-corrected chi connectivity index (χ2v) is 10.5. The number of rotatable bonds is 5. The maximum Gasteiger partial charge on any atom is 0.0992 e. The summed E-state index contributed by atoms with van der Waals surface area (Å²) < 4.78 is 4.45. The lowest BCUT2D eigenvalue weighted by molar-refractivity contribution is 1.10. The highest BCUT2D eigenvalue weighted by Gasteiger charge is 2.20. The van der Waals surface area contributed by atoms with Crippen LogP contribution in [0, 0.1) is 22.7 Å². The van der Waals surface area contributed by atoms with Gasteiger partial charge in [-0.3, -0.25) is 0 Å². The molecule has 0 N–H and O–H groups in total. The molecular formula is C39H26N4. The average molecular weight is 551 g/mol. The van der Waals surface area contributed by atoms with Crippen LogP contribution in [0.15, 0.2) is 122 Å². The molecule has 4 nitrogen and oxygen atoms in total. The minimum atomic E-state index is 0.570. The van der Waals surface area contributed by atoms with Crippen molar-refractivity contribution in [2.24, 2.45) is 0 Å². The maximum absolute atomic E-state index is 10.2. The summed E-state index contributed by atoms with van der Waals surface area (Å²) in [7, 11) is 0. The zero-order valence-electron chi connectivity index (χ0n) is 23.6. The Bertz CT molecular complexity index is 2330. The van der Waals surface area contributed by atoms with E-state index >= 15 is 0 Å². The number of benzene rings is 5. The molecule has 0 aliphatic heterocycles. The molecule has 0 saturated carbocycles. The van der Waals surface area contributed by atoms with Crippen molar-refractivity contribution in [1.29, 1.82) is 10.5 Å². The summed E-state index contributed by atoms with van der Waals surface area (Å²) >= 11 is 0. The van der Waals surface area contributed by atoms with Gasteiger partial charge >= 0.3 is 0 Å². The van der Waals surface area contributed by atoms with Gasteiger partial charge in [-0.1, -0.05) is 67.3 Å². The van der Waals surface area contributed by atoms with Gasteiger partial charge in [0.15, 0.2) is 0 Å². The molecule has 0 atom stereocenters. The van der Waals surface area contributed by atoms with Gasteiger partial charge in [-0.2, -0.15) is 10.5 Å². The molecule has 7 rings (SSSR count). The van der Waals surface area contributed by atoms with Crippen LogP contribution in [0.1, 0.15) is 29.3 Å². The predicted molar refractivity (Wildman–Crippen MR) is 177 cm³/mol. The van der Waals surface area contributed by atoms with Crippen molar-refractivity contribution in [3.05, 3.63) is 144 Å². The van der Waals surface area contributed by atoms with E-state index in [9.17, 15) is 10.5 Å². The molecule has 0 spiro atoms. The Morgan fingerprint density at radius 2 is 1.40 bits per heavy atom. The molecular weight excluding hydrogens is 524 g/mol. The van der Waals surface area contributed by atoms with Crippen LogP contribution < -0.4 is 0 Å². The van der Waals surface area contributed by atoms with Crippen molar-refractivity contribution in [2.75, 3.05) is 0 Å². The van der Waals surface area contributed by atoms with Crippen LogP contribution in [0.5, 0.6) is 0 Å². The Labute approximate surface area is 249 Å². The Hall–Kier alpha value is -6.10. The van der Waals surface area contributed by atoms with Gasteiger partial charge in [-0.05, 0) is 84.8 Å². The van der Waals surface area contributed by atoms with E-state index in [0.717, 1.165) is 66.5 Å². The number of aromatic nitrogens is 2. The first-order valence-electron chi connectivity index (χ1n) is 14.1. The minimum absolute atomic E-state index is 0.570. The van der Waals surface area contributed by atoms with Crippen LogP contribution in [0.2, 0.25) is 0 Å². The van der Waals surface area contributed by atoms with Gasteiger partial charge in [-0.15, -0.1) is 0 Å². The molecule has 202 valence electrons. The molecule has 4 heteroatoms. The SMILES string of the molecule is C=Cc1c(/C=C\C)n(-c2ccccc2)c2cccc(-c3cc(C#N)cc(-n4c5ccccc5c5cc(C#N)ccc54)c3)c12. The normalized spacial score (nSPS) is 11.3. The third-order valence-corrected chi connectivity index (χ3v) is 8.03. The van der Waals surface area contributed by atoms with Gasteiger partial charge < -0.3 is 9.13 Å².